The van der Waals surface area contributed by atoms with Crippen LogP contribution in [-0.4, -0.2) is 138 Å². The molecule has 0 aromatic rings. The summed E-state index contributed by atoms with van der Waals surface area (Å²) in [4.78, 5) is 60.8. The molecule has 0 N–H and O–H groups in total. The van der Waals surface area contributed by atoms with Gasteiger partial charge in [-0.1, -0.05) is 0 Å². The number of nitrogens with zero attached hydrogens (tertiary/aromatic N) is 17. The molecule has 17 heteroatoms. The highest BCUT2D eigenvalue weighted by molar-refractivity contribution is 6.31. The van der Waals surface area contributed by atoms with Crippen LogP contribution in [0.3, 0.4) is 0 Å². The molecule has 0 aromatic carbocycles. The Morgan fingerprint density at radius 1 is 0.342 bits per heavy atom. The van der Waals surface area contributed by atoms with Crippen LogP contribution < -0.4 is 0 Å². The highest BCUT2D eigenvalue weighted by Crippen LogP contribution is 2.19. The summed E-state index contributed by atoms with van der Waals surface area (Å²) < 4.78 is 0. The third-order valence-corrected chi connectivity index (χ3v) is 5.17. The minimum absolute atomic E-state index is 0.465. The molecule has 0 bridgehead atoms. The molecule has 0 unspecified atom stereocenters. The fourth-order valence-corrected chi connectivity index (χ4v) is 3.44. The first-order valence-corrected chi connectivity index (χ1v) is 11.6. The number of guanidine groups is 9. The van der Waals surface area contributed by atoms with Gasteiger partial charge in [-0.25, -0.2) is 9.80 Å². The minimum atomic E-state index is 0.465. The zero-order valence-electron chi connectivity index (χ0n) is 22.6. The van der Waals surface area contributed by atoms with Crippen molar-refractivity contribution in [2.75, 3.05) is 42.3 Å². The zero-order valence-corrected chi connectivity index (χ0v) is 22.6. The van der Waals surface area contributed by atoms with Gasteiger partial charge in [-0.3, -0.25) is 0 Å². The Labute approximate surface area is 219 Å². The van der Waals surface area contributed by atoms with Gasteiger partial charge in [-0.2, -0.15) is 59.9 Å². The van der Waals surface area contributed by atoms with Crippen LogP contribution in [-0.2, 0) is 0 Å². The maximum absolute atomic E-state index is 4.45. The van der Waals surface area contributed by atoms with Crippen molar-refractivity contribution in [2.24, 2.45) is 59.9 Å². The molecule has 0 radical (unpaired) electrons. The Hall–Kier alpha value is -4.96. The molecule has 6 heterocycles. The molecule has 0 saturated heterocycles. The Balaban J connectivity index is 0.000000162. The molecule has 38 heavy (non-hydrogen) atoms. The van der Waals surface area contributed by atoms with Gasteiger partial charge in [0.05, 0.1) is 0 Å². The van der Waals surface area contributed by atoms with E-state index in [1.165, 1.54) is 0 Å². The van der Waals surface area contributed by atoms with Gasteiger partial charge in [0.1, 0.15) is 17.5 Å². The number of amidine groups is 3. The van der Waals surface area contributed by atoms with Crippen LogP contribution in [0.2, 0.25) is 0 Å². The van der Waals surface area contributed by atoms with Gasteiger partial charge in [-0.15, -0.1) is 0 Å². The molecule has 196 valence electrons. The van der Waals surface area contributed by atoms with E-state index < -0.39 is 0 Å². The minimum Gasteiger partial charge on any atom is -0.347 e. The SMILES string of the molecule is CC1=NC2=NC(C)=NC3=NC(C)=NC(=N1)N23.CN(C)C1=NC2=NC(N(C)C)=NC3=NC(N(C)C)=NC(=N1)N23. The Morgan fingerprint density at radius 2 is 0.579 bits per heavy atom. The summed E-state index contributed by atoms with van der Waals surface area (Å²) >= 11 is 0. The fourth-order valence-electron chi connectivity index (χ4n) is 3.44. The molecule has 0 atom stereocenters. The first kappa shape index (κ1) is 24.7. The predicted octanol–water partition coefficient (Wildman–Crippen LogP) is -0.198. The summed E-state index contributed by atoms with van der Waals surface area (Å²) in [6, 6.07) is 0. The van der Waals surface area contributed by atoms with E-state index in [2.05, 4.69) is 59.9 Å². The second-order valence-electron chi connectivity index (χ2n) is 9.04. The maximum Gasteiger partial charge on any atom is 0.246 e. The average molecular weight is 518 g/mol. The van der Waals surface area contributed by atoms with E-state index in [0.29, 0.717) is 71.1 Å². The Kier molecular flexibility index (Phi) is 5.96. The van der Waals surface area contributed by atoms with Gasteiger partial charge in [0.2, 0.25) is 53.6 Å². The van der Waals surface area contributed by atoms with Crippen molar-refractivity contribution >= 4 is 71.1 Å². The maximum atomic E-state index is 4.45. The molecule has 6 aliphatic heterocycles. The smallest absolute Gasteiger partial charge is 0.246 e. The van der Waals surface area contributed by atoms with Crippen LogP contribution >= 0.6 is 0 Å². The molecule has 0 saturated carbocycles. The summed E-state index contributed by atoms with van der Waals surface area (Å²) in [5.41, 5.74) is 0. The summed E-state index contributed by atoms with van der Waals surface area (Å²) in [5, 5.41) is 0. The van der Waals surface area contributed by atoms with Gasteiger partial charge < -0.3 is 14.7 Å². The van der Waals surface area contributed by atoms with Crippen LogP contribution in [0.4, 0.5) is 0 Å². The highest BCUT2D eigenvalue weighted by atomic mass is 15.5. The topological polar surface area (TPSA) is 165 Å². The van der Waals surface area contributed by atoms with Crippen molar-refractivity contribution in [1.82, 2.24) is 24.5 Å². The molecule has 0 aromatic heterocycles. The van der Waals surface area contributed by atoms with E-state index >= 15 is 0 Å². The van der Waals surface area contributed by atoms with Crippen LogP contribution in [0.5, 0.6) is 0 Å². The van der Waals surface area contributed by atoms with Gasteiger partial charge in [0.25, 0.3) is 0 Å². The van der Waals surface area contributed by atoms with Crippen molar-refractivity contribution in [3.63, 3.8) is 0 Å². The van der Waals surface area contributed by atoms with E-state index in [1.807, 2.05) is 77.8 Å². The average Bonchev–Trinajstić information content (AvgIpc) is 2.82. The van der Waals surface area contributed by atoms with Gasteiger partial charge in [0, 0.05) is 42.3 Å². The lowest BCUT2D eigenvalue weighted by molar-refractivity contribution is 0.592. The van der Waals surface area contributed by atoms with E-state index in [9.17, 15) is 0 Å². The first-order chi connectivity index (χ1) is 18.0. The highest BCUT2D eigenvalue weighted by Gasteiger charge is 2.36. The number of rotatable bonds is 0. The number of hydrogen-bond acceptors (Lipinski definition) is 17. The summed E-state index contributed by atoms with van der Waals surface area (Å²) in [7, 11) is 11.2. The molecular weight excluding hydrogens is 490 g/mol. The molecule has 6 rings (SSSR count). The van der Waals surface area contributed by atoms with E-state index in [0.717, 1.165) is 0 Å². The predicted molar refractivity (Wildman–Crippen MR) is 151 cm³/mol. The molecule has 0 amide bonds. The van der Waals surface area contributed by atoms with E-state index in [1.54, 1.807) is 9.80 Å². The molecule has 0 fully saturated rings. The van der Waals surface area contributed by atoms with Crippen molar-refractivity contribution in [3.8, 4) is 0 Å². The van der Waals surface area contributed by atoms with Crippen molar-refractivity contribution < 1.29 is 0 Å². The second-order valence-corrected chi connectivity index (χ2v) is 9.04. The zero-order chi connectivity index (χ0) is 27.3. The molecule has 0 spiro atoms. The molecule has 6 aliphatic rings. The fraction of sp³-hybridized carbons (Fsp3) is 0.429. The van der Waals surface area contributed by atoms with Gasteiger partial charge in [0.15, 0.2) is 0 Å². The quantitative estimate of drug-likeness (QED) is 0.434. The van der Waals surface area contributed by atoms with Crippen LogP contribution in [0.1, 0.15) is 20.8 Å². The molecular formula is C21H27N17. The number of aliphatic imine (C=N–C) groups is 12. The largest absolute Gasteiger partial charge is 0.347 e. The standard InChI is InChI=1S/C12H18N10.C9H9N7/c1-19(2)7-13-10-15-8(20(3)4)17-12-18-9(21(5)6)16-11(14-7)22(10)12;1-4-10-7-12-5(2)14-9-15-6(3)13-8(11-4)16(7)9/h1-6H3;1-3H3. The van der Waals surface area contributed by atoms with E-state index in [4.69, 9.17) is 0 Å². The van der Waals surface area contributed by atoms with Crippen molar-refractivity contribution in [1.29, 1.82) is 0 Å². The molecule has 17 nitrogen and oxygen atoms in total. The lowest BCUT2D eigenvalue weighted by Gasteiger charge is -2.32. The normalized spacial score (nSPS) is 20.4. The summed E-state index contributed by atoms with van der Waals surface area (Å²) in [6.07, 6.45) is 0. The monoisotopic (exact) mass is 517 g/mol. The lowest BCUT2D eigenvalue weighted by atomic mass is 10.4. The van der Waals surface area contributed by atoms with Crippen LogP contribution in [0, 0.1) is 0 Å². The summed E-state index contributed by atoms with van der Waals surface area (Å²) in [6.45, 7) is 5.43. The van der Waals surface area contributed by atoms with Gasteiger partial charge in [-0.05, 0) is 20.8 Å². The Bertz CT molecular complexity index is 1290. The third kappa shape index (κ3) is 4.48. The molecule has 0 aliphatic carbocycles. The van der Waals surface area contributed by atoms with Crippen LogP contribution in [0.25, 0.3) is 0 Å². The van der Waals surface area contributed by atoms with Crippen molar-refractivity contribution in [3.05, 3.63) is 0 Å². The Morgan fingerprint density at radius 3 is 0.816 bits per heavy atom. The number of hydrogen-bond donors (Lipinski definition) is 0. The third-order valence-electron chi connectivity index (χ3n) is 5.17. The van der Waals surface area contributed by atoms with Gasteiger partial charge >= 0.3 is 0 Å². The second kappa shape index (κ2) is 9.16. The summed E-state index contributed by atoms with van der Waals surface area (Å²) in [5.74, 6) is 6.51. The first-order valence-electron chi connectivity index (χ1n) is 11.6. The van der Waals surface area contributed by atoms with E-state index in [-0.39, 0.29) is 0 Å². The lowest BCUT2D eigenvalue weighted by Crippen LogP contribution is -2.51. The van der Waals surface area contributed by atoms with Crippen molar-refractivity contribution in [2.45, 2.75) is 20.8 Å². The van der Waals surface area contributed by atoms with Crippen LogP contribution in [0.15, 0.2) is 59.9 Å².